The summed E-state index contributed by atoms with van der Waals surface area (Å²) < 4.78 is 33.7. The molecular weight excluding hydrogens is 346 g/mol. The molecule has 130 valence electrons. The molecule has 0 amide bonds. The monoisotopic (exact) mass is 361 g/mol. The van der Waals surface area contributed by atoms with Gasteiger partial charge >= 0.3 is 16.2 Å². The average molecular weight is 361 g/mol. The van der Waals surface area contributed by atoms with E-state index in [-0.39, 0.29) is 24.0 Å². The van der Waals surface area contributed by atoms with Gasteiger partial charge in [-0.05, 0) is 6.92 Å². The molecule has 0 spiro atoms. The van der Waals surface area contributed by atoms with Crippen LogP contribution in [0, 0.1) is 0 Å². The standard InChI is InChI=1S/C15H15N5O4S/c1-2-24-12(21)9-20-15-13(14(16)19-25(20,22)23)17-8-11(18-15)10-6-4-3-5-7-10/h3-8H,2,9H2,1H3,(H2,16,19). The van der Waals surface area contributed by atoms with Gasteiger partial charge in [-0.15, -0.1) is 4.40 Å². The van der Waals surface area contributed by atoms with Crippen molar-refractivity contribution in [1.29, 1.82) is 0 Å². The van der Waals surface area contributed by atoms with Gasteiger partial charge in [0.05, 0.1) is 18.5 Å². The lowest BCUT2D eigenvalue weighted by Crippen LogP contribution is -2.42. The summed E-state index contributed by atoms with van der Waals surface area (Å²) in [7, 11) is -4.21. The van der Waals surface area contributed by atoms with E-state index in [1.165, 1.54) is 6.20 Å². The predicted molar refractivity (Wildman–Crippen MR) is 91.1 cm³/mol. The van der Waals surface area contributed by atoms with Crippen LogP contribution in [0.3, 0.4) is 0 Å². The Labute approximate surface area is 144 Å². The number of nitrogens with two attached hydrogens (primary N) is 1. The first-order valence-corrected chi connectivity index (χ1v) is 8.78. The van der Waals surface area contributed by atoms with Crippen LogP contribution in [-0.2, 0) is 19.7 Å². The number of aromatic nitrogens is 2. The number of ether oxygens (including phenoxy) is 1. The molecule has 10 heteroatoms. The van der Waals surface area contributed by atoms with Gasteiger partial charge in [-0.25, -0.2) is 14.3 Å². The summed E-state index contributed by atoms with van der Waals surface area (Å²) in [6, 6.07) is 9.10. The number of amidine groups is 1. The van der Waals surface area contributed by atoms with Crippen molar-refractivity contribution in [2.24, 2.45) is 10.1 Å². The highest BCUT2D eigenvalue weighted by Crippen LogP contribution is 2.28. The van der Waals surface area contributed by atoms with Crippen molar-refractivity contribution < 1.29 is 17.9 Å². The van der Waals surface area contributed by atoms with Gasteiger partial charge in [0.2, 0.25) is 0 Å². The van der Waals surface area contributed by atoms with Gasteiger partial charge in [-0.3, -0.25) is 4.79 Å². The van der Waals surface area contributed by atoms with Gasteiger partial charge in [-0.2, -0.15) is 8.42 Å². The Morgan fingerprint density at radius 3 is 2.68 bits per heavy atom. The zero-order chi connectivity index (χ0) is 18.0. The van der Waals surface area contributed by atoms with Crippen LogP contribution in [0.1, 0.15) is 12.6 Å². The Bertz CT molecular complexity index is 944. The van der Waals surface area contributed by atoms with Crippen LogP contribution in [0.2, 0.25) is 0 Å². The van der Waals surface area contributed by atoms with E-state index in [4.69, 9.17) is 10.5 Å². The summed E-state index contributed by atoms with van der Waals surface area (Å²) in [5.41, 5.74) is 6.97. The lowest BCUT2D eigenvalue weighted by atomic mass is 10.1. The molecular formula is C15H15N5O4S. The van der Waals surface area contributed by atoms with Crippen molar-refractivity contribution in [2.45, 2.75) is 6.92 Å². The van der Waals surface area contributed by atoms with Crippen LogP contribution in [-0.4, -0.2) is 43.3 Å². The SMILES string of the molecule is CCOC(=O)CN1c2nc(-c3ccccc3)cnc2C(N)=NS1(=O)=O. The summed E-state index contributed by atoms with van der Waals surface area (Å²) in [5.74, 6) is -1.05. The minimum atomic E-state index is -4.21. The molecule has 0 saturated carbocycles. The maximum atomic E-state index is 12.3. The lowest BCUT2D eigenvalue weighted by Gasteiger charge is -2.25. The first-order chi connectivity index (χ1) is 11.9. The highest BCUT2D eigenvalue weighted by molar-refractivity contribution is 7.91. The number of hydrogen-bond donors (Lipinski definition) is 1. The molecule has 1 aliphatic heterocycles. The number of hydrogen-bond acceptors (Lipinski definition) is 7. The molecule has 25 heavy (non-hydrogen) atoms. The van der Waals surface area contributed by atoms with Gasteiger partial charge in [-0.1, -0.05) is 30.3 Å². The second-order valence-corrected chi connectivity index (χ2v) is 6.58. The van der Waals surface area contributed by atoms with E-state index in [2.05, 4.69) is 14.4 Å². The summed E-state index contributed by atoms with van der Waals surface area (Å²) in [4.78, 5) is 20.3. The van der Waals surface area contributed by atoms with Gasteiger partial charge in [0.25, 0.3) is 0 Å². The van der Waals surface area contributed by atoms with E-state index >= 15 is 0 Å². The van der Waals surface area contributed by atoms with E-state index in [0.29, 0.717) is 5.69 Å². The van der Waals surface area contributed by atoms with Gasteiger partial charge in [0.1, 0.15) is 12.2 Å². The topological polar surface area (TPSA) is 128 Å². The molecule has 2 aromatic rings. The number of carbonyl (C=O) groups excluding carboxylic acids is 1. The first-order valence-electron chi connectivity index (χ1n) is 7.39. The van der Waals surface area contributed by atoms with E-state index in [0.717, 1.165) is 9.87 Å². The number of carbonyl (C=O) groups is 1. The van der Waals surface area contributed by atoms with Gasteiger partial charge in [0, 0.05) is 5.56 Å². The van der Waals surface area contributed by atoms with Crippen LogP contribution in [0.15, 0.2) is 40.9 Å². The fourth-order valence-electron chi connectivity index (χ4n) is 2.29. The largest absolute Gasteiger partial charge is 0.465 e. The Morgan fingerprint density at radius 2 is 2.00 bits per heavy atom. The summed E-state index contributed by atoms with van der Waals surface area (Å²) in [6.45, 7) is 1.19. The van der Waals surface area contributed by atoms with E-state index in [1.807, 2.05) is 18.2 Å². The maximum Gasteiger partial charge on any atom is 0.348 e. The van der Waals surface area contributed by atoms with Crippen LogP contribution in [0.4, 0.5) is 5.82 Å². The van der Waals surface area contributed by atoms with Crippen molar-refractivity contribution >= 4 is 27.8 Å². The van der Waals surface area contributed by atoms with Crippen LogP contribution < -0.4 is 10.0 Å². The molecule has 0 fully saturated rings. The fourth-order valence-corrected chi connectivity index (χ4v) is 3.34. The maximum absolute atomic E-state index is 12.3. The number of rotatable bonds is 4. The van der Waals surface area contributed by atoms with Crippen LogP contribution in [0.25, 0.3) is 11.3 Å². The van der Waals surface area contributed by atoms with E-state index < -0.39 is 22.7 Å². The molecule has 1 aromatic carbocycles. The number of esters is 1. The Balaban J connectivity index is 2.10. The van der Waals surface area contributed by atoms with Crippen molar-refractivity contribution in [1.82, 2.24) is 9.97 Å². The Kier molecular flexibility index (Phi) is 4.36. The molecule has 2 heterocycles. The number of fused-ring (bicyclic) bond motifs is 1. The zero-order valence-electron chi connectivity index (χ0n) is 13.3. The third kappa shape index (κ3) is 3.29. The quantitative estimate of drug-likeness (QED) is 0.784. The number of nitrogens with zero attached hydrogens (tertiary/aromatic N) is 4. The highest BCUT2D eigenvalue weighted by Gasteiger charge is 2.35. The van der Waals surface area contributed by atoms with E-state index in [1.54, 1.807) is 19.1 Å². The summed E-state index contributed by atoms with van der Waals surface area (Å²) >= 11 is 0. The van der Waals surface area contributed by atoms with Gasteiger partial charge in [0.15, 0.2) is 11.7 Å². The van der Waals surface area contributed by atoms with Crippen molar-refractivity contribution in [2.75, 3.05) is 17.5 Å². The molecule has 9 nitrogen and oxygen atoms in total. The van der Waals surface area contributed by atoms with Crippen molar-refractivity contribution in [3.8, 4) is 11.3 Å². The molecule has 1 aliphatic rings. The normalized spacial score (nSPS) is 15.2. The lowest BCUT2D eigenvalue weighted by molar-refractivity contribution is -0.141. The molecule has 0 radical (unpaired) electrons. The Hall–Kier alpha value is -3.01. The van der Waals surface area contributed by atoms with Crippen LogP contribution >= 0.6 is 0 Å². The summed E-state index contributed by atoms with van der Waals surface area (Å²) in [5, 5.41) is 0. The first kappa shape index (κ1) is 16.8. The Morgan fingerprint density at radius 1 is 1.28 bits per heavy atom. The molecule has 0 unspecified atom stereocenters. The molecule has 1 aromatic heterocycles. The average Bonchev–Trinajstić information content (AvgIpc) is 2.59. The third-order valence-electron chi connectivity index (χ3n) is 3.37. The molecule has 0 saturated heterocycles. The molecule has 3 rings (SSSR count). The van der Waals surface area contributed by atoms with Crippen molar-refractivity contribution in [3.05, 3.63) is 42.2 Å². The fraction of sp³-hybridized carbons (Fsp3) is 0.200. The molecule has 0 bridgehead atoms. The minimum Gasteiger partial charge on any atom is -0.465 e. The second-order valence-electron chi connectivity index (χ2n) is 5.06. The van der Waals surface area contributed by atoms with Crippen LogP contribution in [0.5, 0.6) is 0 Å². The van der Waals surface area contributed by atoms with Gasteiger partial charge < -0.3 is 10.5 Å². The number of anilines is 1. The number of benzene rings is 1. The molecule has 2 N–H and O–H groups in total. The highest BCUT2D eigenvalue weighted by atomic mass is 32.2. The predicted octanol–water partition coefficient (Wildman–Crippen LogP) is 0.477. The van der Waals surface area contributed by atoms with Crippen molar-refractivity contribution in [3.63, 3.8) is 0 Å². The smallest absolute Gasteiger partial charge is 0.348 e. The second kappa shape index (κ2) is 6.48. The third-order valence-corrected chi connectivity index (χ3v) is 4.66. The summed E-state index contributed by atoms with van der Waals surface area (Å²) in [6.07, 6.45) is 1.47. The molecule has 0 atom stereocenters. The zero-order valence-corrected chi connectivity index (χ0v) is 14.1. The van der Waals surface area contributed by atoms with E-state index in [9.17, 15) is 13.2 Å². The minimum absolute atomic E-state index is 0.0538. The molecule has 0 aliphatic carbocycles.